The highest BCUT2D eigenvalue weighted by atomic mass is 79.9. The Labute approximate surface area is 126 Å². The van der Waals surface area contributed by atoms with Crippen molar-refractivity contribution in [3.63, 3.8) is 0 Å². The van der Waals surface area contributed by atoms with Gasteiger partial charge >= 0.3 is 0 Å². The van der Waals surface area contributed by atoms with Gasteiger partial charge in [-0.25, -0.2) is 0 Å². The zero-order valence-electron chi connectivity index (χ0n) is 12.6. The van der Waals surface area contributed by atoms with Gasteiger partial charge in [0.25, 0.3) is 0 Å². The van der Waals surface area contributed by atoms with E-state index in [1.807, 2.05) is 0 Å². The summed E-state index contributed by atoms with van der Waals surface area (Å²) in [7, 11) is 2.12. The molecule has 1 N–H and O–H groups in total. The second-order valence-electron chi connectivity index (χ2n) is 6.10. The van der Waals surface area contributed by atoms with E-state index in [0.29, 0.717) is 11.5 Å². The van der Waals surface area contributed by atoms with E-state index in [4.69, 9.17) is 0 Å². The molecule has 1 aromatic carbocycles. The van der Waals surface area contributed by atoms with Gasteiger partial charge in [-0.1, -0.05) is 41.8 Å². The van der Waals surface area contributed by atoms with Crippen molar-refractivity contribution < 1.29 is 0 Å². The molecule has 1 aliphatic rings. The summed E-state index contributed by atoms with van der Waals surface area (Å²) in [6, 6.07) is 5.13. The quantitative estimate of drug-likeness (QED) is 0.793. The summed E-state index contributed by atoms with van der Waals surface area (Å²) in [5.74, 6) is 0. The van der Waals surface area contributed by atoms with Crippen LogP contribution in [0.15, 0.2) is 16.6 Å². The number of aryl methyl sites for hydroxylation is 2. The van der Waals surface area contributed by atoms with Crippen molar-refractivity contribution in [1.29, 1.82) is 0 Å². The maximum atomic E-state index is 3.64. The van der Waals surface area contributed by atoms with E-state index >= 15 is 0 Å². The highest BCUT2D eigenvalue weighted by molar-refractivity contribution is 9.10. The molecule has 0 spiro atoms. The molecule has 1 aromatic rings. The van der Waals surface area contributed by atoms with Crippen LogP contribution in [0.2, 0.25) is 0 Å². The van der Waals surface area contributed by atoms with Crippen LogP contribution in [0, 0.1) is 19.3 Å². The van der Waals surface area contributed by atoms with Gasteiger partial charge in [0.15, 0.2) is 0 Å². The maximum Gasteiger partial charge on any atom is 0.0377 e. The number of halogens is 1. The average Bonchev–Trinajstić information content (AvgIpc) is 2.86. The van der Waals surface area contributed by atoms with Gasteiger partial charge in [0.1, 0.15) is 0 Å². The summed E-state index contributed by atoms with van der Waals surface area (Å²) in [5, 5.41) is 3.62. The van der Waals surface area contributed by atoms with Crippen LogP contribution in [0.4, 0.5) is 0 Å². The lowest BCUT2D eigenvalue weighted by Crippen LogP contribution is -2.34. The van der Waals surface area contributed by atoms with Crippen LogP contribution in [0.3, 0.4) is 0 Å². The van der Waals surface area contributed by atoms with Gasteiger partial charge < -0.3 is 5.32 Å². The highest BCUT2D eigenvalue weighted by Gasteiger charge is 2.40. The fourth-order valence-electron chi connectivity index (χ4n) is 3.83. The fraction of sp³-hybridized carbons (Fsp3) is 0.647. The Morgan fingerprint density at radius 1 is 1.21 bits per heavy atom. The molecule has 0 aliphatic heterocycles. The van der Waals surface area contributed by atoms with Crippen LogP contribution in [-0.2, 0) is 0 Å². The van der Waals surface area contributed by atoms with Crippen molar-refractivity contribution in [2.75, 3.05) is 7.05 Å². The van der Waals surface area contributed by atoms with Crippen LogP contribution < -0.4 is 5.32 Å². The summed E-state index contributed by atoms with van der Waals surface area (Å²) in [6.07, 6.45) is 6.78. The van der Waals surface area contributed by atoms with Crippen molar-refractivity contribution in [2.45, 2.75) is 58.9 Å². The molecule has 2 heteroatoms. The fourth-order valence-corrected chi connectivity index (χ4v) is 4.29. The second-order valence-corrected chi connectivity index (χ2v) is 6.96. The van der Waals surface area contributed by atoms with Gasteiger partial charge in [0.05, 0.1) is 0 Å². The van der Waals surface area contributed by atoms with Gasteiger partial charge in [-0.15, -0.1) is 0 Å². The van der Waals surface area contributed by atoms with Gasteiger partial charge in [-0.3, -0.25) is 0 Å². The molecule has 19 heavy (non-hydrogen) atoms. The monoisotopic (exact) mass is 323 g/mol. The van der Waals surface area contributed by atoms with Crippen LogP contribution >= 0.6 is 15.9 Å². The topological polar surface area (TPSA) is 12.0 Å². The number of benzene rings is 1. The Morgan fingerprint density at radius 2 is 1.84 bits per heavy atom. The van der Waals surface area contributed by atoms with E-state index in [1.54, 1.807) is 0 Å². The predicted octanol–water partition coefficient (Wildman–Crippen LogP) is 5.30. The minimum Gasteiger partial charge on any atom is -0.313 e. The van der Waals surface area contributed by atoms with E-state index < -0.39 is 0 Å². The highest BCUT2D eigenvalue weighted by Crippen LogP contribution is 2.50. The second kappa shape index (κ2) is 5.97. The summed E-state index contributed by atoms with van der Waals surface area (Å²) in [5.41, 5.74) is 4.69. The third-order valence-corrected chi connectivity index (χ3v) is 5.92. The van der Waals surface area contributed by atoms with E-state index in [-0.39, 0.29) is 0 Å². The first-order chi connectivity index (χ1) is 9.04. The third kappa shape index (κ3) is 2.75. The summed E-state index contributed by atoms with van der Waals surface area (Å²) >= 11 is 3.64. The molecule has 1 unspecified atom stereocenters. The molecule has 0 bridgehead atoms. The van der Waals surface area contributed by atoms with E-state index in [9.17, 15) is 0 Å². The van der Waals surface area contributed by atoms with Gasteiger partial charge in [0, 0.05) is 10.5 Å². The molecule has 0 saturated heterocycles. The largest absolute Gasteiger partial charge is 0.313 e. The van der Waals surface area contributed by atoms with E-state index in [0.717, 1.165) is 0 Å². The average molecular weight is 324 g/mol. The zero-order valence-corrected chi connectivity index (χ0v) is 14.2. The van der Waals surface area contributed by atoms with Crippen molar-refractivity contribution in [2.24, 2.45) is 5.41 Å². The van der Waals surface area contributed by atoms with Crippen LogP contribution in [0.1, 0.15) is 61.8 Å². The number of nitrogens with one attached hydrogen (secondary N) is 1. The first-order valence-electron chi connectivity index (χ1n) is 7.48. The summed E-state index contributed by atoms with van der Waals surface area (Å²) in [6.45, 7) is 6.78. The molecular weight excluding hydrogens is 298 g/mol. The molecule has 106 valence electrons. The molecule has 2 rings (SSSR count). The Kier molecular flexibility index (Phi) is 4.73. The van der Waals surface area contributed by atoms with Crippen molar-refractivity contribution >= 4 is 15.9 Å². The number of rotatable bonds is 4. The van der Waals surface area contributed by atoms with Gasteiger partial charge in [-0.05, 0) is 68.3 Å². The van der Waals surface area contributed by atoms with Crippen molar-refractivity contribution in [1.82, 2.24) is 5.32 Å². The molecule has 0 amide bonds. The summed E-state index contributed by atoms with van der Waals surface area (Å²) in [4.78, 5) is 0. The standard InChI is InChI=1S/C17H26BrN/c1-5-17(8-6-7-9-17)16(19-4)14-10-13(3)15(18)11-12(14)2/h10-11,16,19H,5-9H2,1-4H3. The molecule has 1 fully saturated rings. The molecule has 1 aliphatic carbocycles. The van der Waals surface area contributed by atoms with Crippen molar-refractivity contribution in [3.8, 4) is 0 Å². The predicted molar refractivity (Wildman–Crippen MR) is 86.6 cm³/mol. The van der Waals surface area contributed by atoms with Crippen LogP contribution in [0.25, 0.3) is 0 Å². The van der Waals surface area contributed by atoms with Gasteiger partial charge in [-0.2, -0.15) is 0 Å². The SMILES string of the molecule is CCC1(C(NC)c2cc(C)c(Br)cc2C)CCCC1. The Bertz CT molecular complexity index is 447. The minimum atomic E-state index is 0.458. The number of hydrogen-bond donors (Lipinski definition) is 1. The molecule has 0 aromatic heterocycles. The first kappa shape index (κ1) is 15.1. The van der Waals surface area contributed by atoms with Gasteiger partial charge in [0.2, 0.25) is 0 Å². The number of hydrogen-bond acceptors (Lipinski definition) is 1. The smallest absolute Gasteiger partial charge is 0.0377 e. The normalized spacial score (nSPS) is 19.6. The third-order valence-electron chi connectivity index (χ3n) is 5.06. The molecule has 0 radical (unpaired) electrons. The molecule has 1 atom stereocenters. The van der Waals surface area contributed by atoms with Crippen LogP contribution in [0.5, 0.6) is 0 Å². The van der Waals surface area contributed by atoms with Crippen LogP contribution in [-0.4, -0.2) is 7.05 Å². The summed E-state index contributed by atoms with van der Waals surface area (Å²) < 4.78 is 1.22. The van der Waals surface area contributed by atoms with E-state index in [2.05, 4.69) is 61.2 Å². The Hall–Kier alpha value is -0.340. The Morgan fingerprint density at radius 3 is 2.37 bits per heavy atom. The minimum absolute atomic E-state index is 0.458. The molecule has 0 heterocycles. The lowest BCUT2D eigenvalue weighted by molar-refractivity contribution is 0.194. The lowest BCUT2D eigenvalue weighted by atomic mass is 9.72. The Balaban J connectivity index is 2.44. The molecular formula is C17H26BrN. The lowest BCUT2D eigenvalue weighted by Gasteiger charge is -2.38. The molecule has 1 nitrogen and oxygen atoms in total. The maximum absolute atomic E-state index is 3.64. The zero-order chi connectivity index (χ0) is 14.0. The first-order valence-corrected chi connectivity index (χ1v) is 8.27. The van der Waals surface area contributed by atoms with Crippen molar-refractivity contribution in [3.05, 3.63) is 33.3 Å². The molecule has 1 saturated carbocycles. The van der Waals surface area contributed by atoms with E-state index in [1.165, 1.54) is 53.3 Å².